The maximum atomic E-state index is 7.71. The van der Waals surface area contributed by atoms with Gasteiger partial charge in [-0.2, -0.15) is 0 Å². The highest BCUT2D eigenvalue weighted by Gasteiger charge is 2.52. The molecule has 0 radical (unpaired) electrons. The predicted octanol–water partition coefficient (Wildman–Crippen LogP) is 20.1. The lowest BCUT2D eigenvalue weighted by Crippen LogP contribution is -2.66. The average molecular weight is 1360 g/mol. The fourth-order valence-corrected chi connectivity index (χ4v) is 17.5. The second-order valence-electron chi connectivity index (χ2n) is 37.3. The van der Waals surface area contributed by atoms with Crippen molar-refractivity contribution >= 4 is 120 Å². The first-order valence-corrected chi connectivity index (χ1v) is 38.3. The molecule has 10 aromatic carbocycles. The lowest BCUT2D eigenvalue weighted by atomic mass is 9.29. The van der Waals surface area contributed by atoms with E-state index in [0.717, 1.165) is 81.7 Å². The smallest absolute Gasteiger partial charge is 0.260 e. The van der Waals surface area contributed by atoms with E-state index in [2.05, 4.69) is 339 Å². The van der Waals surface area contributed by atoms with Gasteiger partial charge in [0.1, 0.15) is 34.5 Å². The van der Waals surface area contributed by atoms with Gasteiger partial charge < -0.3 is 28.9 Å². The Kier molecular flexibility index (Phi) is 15.4. The Morgan fingerprint density at radius 1 is 0.272 bits per heavy atom. The van der Waals surface area contributed by atoms with Crippen LogP contribution in [0.3, 0.4) is 0 Å². The third kappa shape index (κ3) is 10.8. The molecule has 522 valence electrons. The van der Waals surface area contributed by atoms with Crippen LogP contribution in [0.15, 0.2) is 158 Å². The quantitative estimate of drug-likeness (QED) is 0.134. The van der Waals surface area contributed by atoms with Crippen LogP contribution in [0.2, 0.25) is 0 Å². The maximum absolute atomic E-state index is 7.71. The minimum atomic E-state index is -0.265. The number of anilines is 9. The molecule has 0 amide bonds. The third-order valence-corrected chi connectivity index (χ3v) is 25.1. The summed E-state index contributed by atoms with van der Waals surface area (Å²) >= 11 is 0. The number of rotatable bonds is 9. The molecule has 0 saturated heterocycles. The normalized spacial score (nSPS) is 14.8. The largest absolute Gasteiger partial charge is 0.458 e. The van der Waals surface area contributed by atoms with Crippen LogP contribution >= 0.6 is 0 Å². The highest BCUT2D eigenvalue weighted by molar-refractivity contribution is 7.04. The van der Waals surface area contributed by atoms with Crippen LogP contribution < -0.4 is 78.1 Å². The molecular formula is C94H104B3N3O3. The summed E-state index contributed by atoms with van der Waals surface area (Å²) in [7, 11) is 0. The van der Waals surface area contributed by atoms with Gasteiger partial charge in [-0.25, -0.2) is 0 Å². The zero-order valence-corrected chi connectivity index (χ0v) is 65.9. The van der Waals surface area contributed by atoms with E-state index in [9.17, 15) is 0 Å². The van der Waals surface area contributed by atoms with Crippen LogP contribution in [0.5, 0.6) is 34.5 Å². The summed E-state index contributed by atoms with van der Waals surface area (Å²) in [5.41, 5.74) is 33.2. The van der Waals surface area contributed by atoms with Gasteiger partial charge >= 0.3 is 0 Å². The van der Waals surface area contributed by atoms with E-state index in [-0.39, 0.29) is 58.0 Å². The zero-order chi connectivity index (χ0) is 73.2. The zero-order valence-electron chi connectivity index (χ0n) is 65.9. The lowest BCUT2D eigenvalue weighted by Gasteiger charge is -2.48. The third-order valence-electron chi connectivity index (χ3n) is 25.1. The van der Waals surface area contributed by atoms with Gasteiger partial charge in [0.25, 0.3) is 20.1 Å². The molecule has 0 atom stereocenters. The Labute approximate surface area is 616 Å². The summed E-state index contributed by atoms with van der Waals surface area (Å²) < 4.78 is 22.4. The van der Waals surface area contributed by atoms with E-state index in [0.29, 0.717) is 0 Å². The van der Waals surface area contributed by atoms with Crippen molar-refractivity contribution in [1.29, 1.82) is 0 Å². The van der Waals surface area contributed by atoms with Crippen molar-refractivity contribution in [2.75, 3.05) is 14.7 Å². The Hall–Kier alpha value is -8.81. The number of nitrogens with zero attached hydrogens (tertiary/aromatic N) is 3. The van der Waals surface area contributed by atoms with Crippen molar-refractivity contribution < 1.29 is 14.2 Å². The molecule has 16 rings (SSSR count). The number of benzene rings is 10. The van der Waals surface area contributed by atoms with Gasteiger partial charge in [0, 0.05) is 57.0 Å². The van der Waals surface area contributed by atoms with Crippen LogP contribution in [0.25, 0.3) is 0 Å². The van der Waals surface area contributed by atoms with E-state index in [1.807, 2.05) is 0 Å². The Bertz CT molecular complexity index is 5200. The monoisotopic (exact) mass is 1360 g/mol. The SMILES string of the molecule is CCC(C)(C)c1cc2c3c(c1)Oc1cc4c(cc1B3c1cc(C(C)(C)C)ccc1O2)B1c2cc3c(cc2N(c2c(C)cc(C)cc2C)c2cc(C(C)(C)CC)cc(c21)N4c1ccc(C(C)(C)C)cc1)N(c1ccc(C(C)(C)C)cc1)c1cc(C(C)(C)CC)cc2c1B3c1cc(C(C)(C)C)ccc1O2. The Balaban J connectivity index is 1.08. The van der Waals surface area contributed by atoms with Crippen molar-refractivity contribution in [1.82, 2.24) is 0 Å². The Morgan fingerprint density at radius 2 is 0.602 bits per heavy atom. The first kappa shape index (κ1) is 68.6. The molecular weight excluding hydrogens is 1250 g/mol. The molecule has 0 aliphatic carbocycles. The number of hydrogen-bond donors (Lipinski definition) is 0. The van der Waals surface area contributed by atoms with Crippen molar-refractivity contribution in [3.05, 3.63) is 213 Å². The van der Waals surface area contributed by atoms with E-state index >= 15 is 0 Å². The van der Waals surface area contributed by atoms with Crippen molar-refractivity contribution in [3.8, 4) is 34.5 Å². The molecule has 10 aromatic rings. The highest BCUT2D eigenvalue weighted by Crippen LogP contribution is 2.53. The summed E-state index contributed by atoms with van der Waals surface area (Å²) in [6.45, 7) is 55.6. The number of fused-ring (bicyclic) bond motifs is 12. The molecule has 0 fully saturated rings. The number of hydrogen-bond acceptors (Lipinski definition) is 6. The second-order valence-corrected chi connectivity index (χ2v) is 37.3. The van der Waals surface area contributed by atoms with Gasteiger partial charge in [-0.05, 0) is 251 Å². The topological polar surface area (TPSA) is 37.4 Å². The summed E-state index contributed by atoms with van der Waals surface area (Å²) in [4.78, 5) is 7.98. The number of aryl methyl sites for hydroxylation is 3. The standard InChI is InChI=1S/C94H104B3N3O3/c1-25-92(19,20)61-44-75-84-76(45-61)100(87-55(5)40-54(4)41-56(87)6)73-52-72-66(96-69-42-59(90(13,14)15)32-38-78(69)101-81-47-62(93(21,22)26-2)46-77(85(81)96)98(72)64-34-28-57(29-35-64)88(7,8)9)50-67(73)95(84)68-51-71-80(53-74(68)99(75)65-36-30-58(31-37-65)89(10,11)12)103-83-49-63(94(23,24)27-3)48-82-86(83)97(71)70-43-60(91(16,17)18)33-39-79(70)102-82/h28-53H,25-27H2,1-24H3. The molecule has 0 saturated carbocycles. The van der Waals surface area contributed by atoms with Gasteiger partial charge in [0.2, 0.25) is 0 Å². The molecule has 0 bridgehead atoms. The van der Waals surface area contributed by atoms with E-state index in [1.165, 1.54) is 128 Å². The molecule has 103 heavy (non-hydrogen) atoms. The van der Waals surface area contributed by atoms with Gasteiger partial charge in [-0.15, -0.1) is 0 Å². The van der Waals surface area contributed by atoms with Crippen LogP contribution in [0.4, 0.5) is 51.2 Å². The van der Waals surface area contributed by atoms with Crippen LogP contribution in [-0.4, -0.2) is 20.1 Å². The maximum Gasteiger partial charge on any atom is 0.260 e. The minimum absolute atomic E-state index is 0.0472. The highest BCUT2D eigenvalue weighted by atomic mass is 16.5. The molecule has 0 spiro atoms. The number of ether oxygens (including phenoxy) is 3. The second kappa shape index (κ2) is 23.1. The predicted molar refractivity (Wildman–Crippen MR) is 443 cm³/mol. The summed E-state index contributed by atoms with van der Waals surface area (Å²) in [6.07, 6.45) is 2.88. The van der Waals surface area contributed by atoms with Crippen LogP contribution in [-0.2, 0) is 37.9 Å². The lowest BCUT2D eigenvalue weighted by molar-refractivity contribution is 0.451. The summed E-state index contributed by atoms with van der Waals surface area (Å²) in [5, 5.41) is 0. The van der Waals surface area contributed by atoms with Crippen LogP contribution in [0, 0.1) is 20.8 Å². The molecule has 0 N–H and O–H groups in total. The fourth-order valence-electron chi connectivity index (χ4n) is 17.5. The molecule has 0 unspecified atom stereocenters. The van der Waals surface area contributed by atoms with Crippen LogP contribution in [0.1, 0.15) is 220 Å². The molecule has 6 nitrogen and oxygen atoms in total. The first-order chi connectivity index (χ1) is 48.4. The van der Waals surface area contributed by atoms with E-state index in [4.69, 9.17) is 14.2 Å². The molecule has 9 heteroatoms. The fraction of sp³-hybridized carbons (Fsp3) is 0.362. The molecule has 6 heterocycles. The minimum Gasteiger partial charge on any atom is -0.458 e. The molecule has 6 aliphatic rings. The Morgan fingerprint density at radius 3 is 1.04 bits per heavy atom. The molecule has 6 aliphatic heterocycles. The van der Waals surface area contributed by atoms with Gasteiger partial charge in [0.05, 0.1) is 5.69 Å². The van der Waals surface area contributed by atoms with Crippen molar-refractivity contribution in [2.45, 2.75) is 223 Å². The van der Waals surface area contributed by atoms with Gasteiger partial charge in [0.15, 0.2) is 0 Å². The summed E-state index contributed by atoms with van der Waals surface area (Å²) in [5.74, 6) is 5.36. The first-order valence-electron chi connectivity index (χ1n) is 38.3. The van der Waals surface area contributed by atoms with Crippen molar-refractivity contribution in [2.24, 2.45) is 0 Å². The summed E-state index contributed by atoms with van der Waals surface area (Å²) in [6, 6.07) is 63.0. The average Bonchev–Trinajstić information content (AvgIpc) is 0.682. The van der Waals surface area contributed by atoms with Crippen molar-refractivity contribution in [3.63, 3.8) is 0 Å². The van der Waals surface area contributed by atoms with E-state index in [1.54, 1.807) is 0 Å². The van der Waals surface area contributed by atoms with Gasteiger partial charge in [-0.3, -0.25) is 0 Å². The molecule has 0 aromatic heterocycles. The van der Waals surface area contributed by atoms with E-state index < -0.39 is 0 Å². The van der Waals surface area contributed by atoms with Gasteiger partial charge in [-0.1, -0.05) is 224 Å².